The smallest absolute Gasteiger partial charge is 0.243 e. The van der Waals surface area contributed by atoms with Gasteiger partial charge in [-0.15, -0.1) is 12.4 Å². The molecule has 1 aromatic rings. The molecular weight excluding hydrogens is 351 g/mol. The zero-order chi connectivity index (χ0) is 16.6. The summed E-state index contributed by atoms with van der Waals surface area (Å²) in [6, 6.07) is 3.01. The van der Waals surface area contributed by atoms with Gasteiger partial charge in [-0.05, 0) is 75.3 Å². The van der Waals surface area contributed by atoms with Crippen molar-refractivity contribution in [3.63, 3.8) is 0 Å². The summed E-state index contributed by atoms with van der Waals surface area (Å²) in [5.74, 6) is 0.447. The van der Waals surface area contributed by atoms with E-state index in [1.165, 1.54) is 25.0 Å². The Morgan fingerprint density at radius 1 is 1.12 bits per heavy atom. The number of nitrogens with one attached hydrogen (secondary N) is 1. The van der Waals surface area contributed by atoms with Crippen LogP contribution in [0.3, 0.4) is 0 Å². The van der Waals surface area contributed by atoms with E-state index in [0.717, 1.165) is 25.3 Å². The molecule has 1 saturated carbocycles. The molecule has 4 nitrogen and oxygen atoms in total. The Morgan fingerprint density at radius 3 is 2.17 bits per heavy atom. The van der Waals surface area contributed by atoms with Crippen LogP contribution >= 0.6 is 12.4 Å². The molecule has 1 aliphatic carbocycles. The van der Waals surface area contributed by atoms with Gasteiger partial charge < -0.3 is 5.32 Å². The van der Waals surface area contributed by atoms with Crippen LogP contribution in [0.4, 0.5) is 4.39 Å². The third kappa shape index (κ3) is 4.28. The number of benzene rings is 1. The van der Waals surface area contributed by atoms with Crippen LogP contribution in [0.25, 0.3) is 0 Å². The fourth-order valence-corrected chi connectivity index (χ4v) is 5.27. The molecule has 24 heavy (non-hydrogen) atoms. The van der Waals surface area contributed by atoms with Crippen molar-refractivity contribution < 1.29 is 12.8 Å². The normalized spacial score (nSPS) is 20.0. The topological polar surface area (TPSA) is 49.4 Å². The predicted molar refractivity (Wildman–Crippen MR) is 95.6 cm³/mol. The highest BCUT2D eigenvalue weighted by molar-refractivity contribution is 7.89. The van der Waals surface area contributed by atoms with E-state index in [2.05, 4.69) is 5.32 Å². The van der Waals surface area contributed by atoms with Gasteiger partial charge >= 0.3 is 0 Å². The van der Waals surface area contributed by atoms with Crippen molar-refractivity contribution in [2.24, 2.45) is 5.92 Å². The fourth-order valence-electron chi connectivity index (χ4n) is 3.39. The summed E-state index contributed by atoms with van der Waals surface area (Å²) >= 11 is 0. The monoisotopic (exact) mass is 376 g/mol. The van der Waals surface area contributed by atoms with Crippen LogP contribution in [0.1, 0.15) is 36.8 Å². The highest BCUT2D eigenvalue weighted by Gasteiger charge is 2.32. The van der Waals surface area contributed by atoms with Crippen molar-refractivity contribution in [1.82, 2.24) is 9.62 Å². The first kappa shape index (κ1) is 19.6. The summed E-state index contributed by atoms with van der Waals surface area (Å²) in [5, 5.41) is 3.55. The van der Waals surface area contributed by atoms with E-state index in [0.29, 0.717) is 30.3 Å². The van der Waals surface area contributed by atoms with Crippen molar-refractivity contribution in [1.29, 1.82) is 0 Å². The molecule has 2 aliphatic rings. The second-order valence-corrected chi connectivity index (χ2v) is 8.77. The van der Waals surface area contributed by atoms with Crippen LogP contribution in [-0.2, 0) is 10.0 Å². The Labute approximate surface area is 150 Å². The van der Waals surface area contributed by atoms with Gasteiger partial charge in [0.15, 0.2) is 0 Å². The molecular formula is C17H26ClFN2O2S. The third-order valence-corrected chi connectivity index (χ3v) is 7.07. The molecule has 7 heteroatoms. The fraction of sp³-hybridized carbons (Fsp3) is 0.647. The Bertz CT molecular complexity index is 661. The molecule has 0 bridgehead atoms. The molecule has 0 atom stereocenters. The van der Waals surface area contributed by atoms with Gasteiger partial charge in [-0.3, -0.25) is 0 Å². The minimum absolute atomic E-state index is 0. The van der Waals surface area contributed by atoms with E-state index in [9.17, 15) is 12.8 Å². The first-order valence-electron chi connectivity index (χ1n) is 8.38. The van der Waals surface area contributed by atoms with Crippen molar-refractivity contribution >= 4 is 22.4 Å². The van der Waals surface area contributed by atoms with Crippen LogP contribution in [-0.4, -0.2) is 38.4 Å². The Kier molecular flexibility index (Phi) is 6.29. The molecule has 1 N–H and O–H groups in total. The number of nitrogens with zero attached hydrogens (tertiary/aromatic N) is 1. The van der Waals surface area contributed by atoms with Gasteiger partial charge in [0.25, 0.3) is 0 Å². The SMILES string of the molecule is Cc1cc(F)cc(C)c1S(=O)(=O)N1CCC(NCC2CC2)CC1.Cl. The number of sulfonamides is 1. The molecule has 1 heterocycles. The van der Waals surface area contributed by atoms with Gasteiger partial charge in [0.1, 0.15) is 5.82 Å². The van der Waals surface area contributed by atoms with E-state index in [4.69, 9.17) is 0 Å². The zero-order valence-corrected chi connectivity index (χ0v) is 15.9. The van der Waals surface area contributed by atoms with Crippen LogP contribution in [0.15, 0.2) is 17.0 Å². The van der Waals surface area contributed by atoms with Crippen LogP contribution in [0.2, 0.25) is 0 Å². The molecule has 0 radical (unpaired) electrons. The van der Waals surface area contributed by atoms with Gasteiger partial charge in [0.05, 0.1) is 4.90 Å². The maximum absolute atomic E-state index is 13.4. The maximum atomic E-state index is 13.4. The quantitative estimate of drug-likeness (QED) is 0.859. The van der Waals surface area contributed by atoms with E-state index >= 15 is 0 Å². The molecule has 1 aromatic carbocycles. The molecule has 0 aromatic heterocycles. The Balaban J connectivity index is 0.00000208. The predicted octanol–water partition coefficient (Wildman–Crippen LogP) is 3.02. The summed E-state index contributed by atoms with van der Waals surface area (Å²) in [6.45, 7) is 5.44. The second kappa shape index (κ2) is 7.68. The van der Waals surface area contributed by atoms with E-state index in [-0.39, 0.29) is 23.1 Å². The third-order valence-electron chi connectivity index (χ3n) is 4.87. The van der Waals surface area contributed by atoms with Crippen molar-refractivity contribution in [3.05, 3.63) is 29.1 Å². The lowest BCUT2D eigenvalue weighted by Crippen LogP contribution is -2.45. The van der Waals surface area contributed by atoms with Crippen molar-refractivity contribution in [2.75, 3.05) is 19.6 Å². The van der Waals surface area contributed by atoms with Gasteiger partial charge in [-0.1, -0.05) is 0 Å². The Hall–Kier alpha value is -0.690. The first-order valence-corrected chi connectivity index (χ1v) is 9.82. The van der Waals surface area contributed by atoms with Crippen LogP contribution in [0, 0.1) is 25.6 Å². The maximum Gasteiger partial charge on any atom is 0.243 e. The first-order chi connectivity index (χ1) is 10.9. The van der Waals surface area contributed by atoms with E-state index in [1.807, 2.05) is 0 Å². The molecule has 1 saturated heterocycles. The van der Waals surface area contributed by atoms with E-state index < -0.39 is 10.0 Å². The summed E-state index contributed by atoms with van der Waals surface area (Å²) < 4.78 is 40.8. The number of hydrogen-bond acceptors (Lipinski definition) is 3. The summed E-state index contributed by atoms with van der Waals surface area (Å²) in [4.78, 5) is 0.267. The number of rotatable bonds is 5. The van der Waals surface area contributed by atoms with E-state index in [1.54, 1.807) is 18.2 Å². The lowest BCUT2D eigenvalue weighted by Gasteiger charge is -2.32. The second-order valence-electron chi connectivity index (χ2n) is 6.90. The zero-order valence-electron chi connectivity index (χ0n) is 14.2. The number of hydrogen-bond donors (Lipinski definition) is 1. The lowest BCUT2D eigenvalue weighted by atomic mass is 10.1. The molecule has 0 unspecified atom stereocenters. The number of piperidine rings is 1. The molecule has 0 amide bonds. The highest BCUT2D eigenvalue weighted by atomic mass is 35.5. The molecule has 3 rings (SSSR count). The minimum Gasteiger partial charge on any atom is -0.314 e. The summed E-state index contributed by atoms with van der Waals surface area (Å²) in [5.41, 5.74) is 0.966. The summed E-state index contributed by atoms with van der Waals surface area (Å²) in [6.07, 6.45) is 4.32. The minimum atomic E-state index is -3.54. The van der Waals surface area contributed by atoms with Gasteiger partial charge in [-0.25, -0.2) is 12.8 Å². The standard InChI is InChI=1S/C17H25FN2O2S.ClH/c1-12-9-15(18)10-13(2)17(12)23(21,22)20-7-5-16(6-8-20)19-11-14-3-4-14;/h9-10,14,16,19H,3-8,11H2,1-2H3;1H. The van der Waals surface area contributed by atoms with Crippen molar-refractivity contribution in [2.45, 2.75) is 50.5 Å². The lowest BCUT2D eigenvalue weighted by molar-refractivity contribution is 0.288. The molecule has 1 aliphatic heterocycles. The molecule has 0 spiro atoms. The van der Waals surface area contributed by atoms with Crippen molar-refractivity contribution in [3.8, 4) is 0 Å². The average molecular weight is 377 g/mol. The van der Waals surface area contributed by atoms with Crippen LogP contribution in [0.5, 0.6) is 0 Å². The van der Waals surface area contributed by atoms with Gasteiger partial charge in [0.2, 0.25) is 10.0 Å². The van der Waals surface area contributed by atoms with Gasteiger partial charge in [-0.2, -0.15) is 4.31 Å². The Morgan fingerprint density at radius 2 is 1.67 bits per heavy atom. The average Bonchev–Trinajstić information content (AvgIpc) is 3.28. The largest absolute Gasteiger partial charge is 0.314 e. The highest BCUT2D eigenvalue weighted by Crippen LogP contribution is 2.29. The van der Waals surface area contributed by atoms with Crippen LogP contribution < -0.4 is 5.32 Å². The van der Waals surface area contributed by atoms with Gasteiger partial charge in [0, 0.05) is 19.1 Å². The number of aryl methyl sites for hydroxylation is 2. The number of halogens is 2. The molecule has 2 fully saturated rings. The molecule has 136 valence electrons. The summed E-state index contributed by atoms with van der Waals surface area (Å²) in [7, 11) is -3.54.